The average molecular weight is 485 g/mol. The van der Waals surface area contributed by atoms with Crippen LogP contribution in [-0.2, 0) is 9.53 Å². The van der Waals surface area contributed by atoms with Crippen LogP contribution < -0.4 is 21.3 Å². The van der Waals surface area contributed by atoms with Crippen LogP contribution in [0, 0.1) is 12.8 Å². The van der Waals surface area contributed by atoms with Crippen molar-refractivity contribution < 1.29 is 14.3 Å². The Morgan fingerprint density at radius 2 is 2.00 bits per heavy atom. The number of carbonyl (C=O) groups excluding carboxylic acids is 2. The standard InChI is InChI=1S/C24H36N8O3/c1-15(2)13-31(4)24-29-22(26-18-8-10-32(14-18)20(33)9-11-35-5)28-23(30-24)27-19-12-17(21(25)34)7-6-16(19)3/h6-7,12,15,18H,8-11,13-14H2,1-5H3,(H2,25,34)(H2,26,27,28,29,30). The molecule has 190 valence electrons. The van der Waals surface area contributed by atoms with Crippen molar-refractivity contribution in [1.82, 2.24) is 19.9 Å². The van der Waals surface area contributed by atoms with Gasteiger partial charge in [0.25, 0.3) is 0 Å². The number of anilines is 4. The monoisotopic (exact) mass is 484 g/mol. The largest absolute Gasteiger partial charge is 0.384 e. The average Bonchev–Trinajstić information content (AvgIpc) is 3.26. The van der Waals surface area contributed by atoms with Gasteiger partial charge in [0.1, 0.15) is 0 Å². The molecule has 1 aliphatic rings. The van der Waals surface area contributed by atoms with E-state index in [1.165, 1.54) is 0 Å². The van der Waals surface area contributed by atoms with Crippen molar-refractivity contribution in [1.29, 1.82) is 0 Å². The minimum Gasteiger partial charge on any atom is -0.384 e. The lowest BCUT2D eigenvalue weighted by Gasteiger charge is -2.22. The molecule has 0 bridgehead atoms. The smallest absolute Gasteiger partial charge is 0.248 e. The highest BCUT2D eigenvalue weighted by atomic mass is 16.5. The second-order valence-electron chi connectivity index (χ2n) is 9.29. The highest BCUT2D eigenvalue weighted by molar-refractivity contribution is 5.94. The summed E-state index contributed by atoms with van der Waals surface area (Å²) in [6.07, 6.45) is 1.17. The Morgan fingerprint density at radius 1 is 1.26 bits per heavy atom. The van der Waals surface area contributed by atoms with Gasteiger partial charge in [0, 0.05) is 51.1 Å². The quantitative estimate of drug-likeness (QED) is 0.438. The molecule has 2 amide bonds. The van der Waals surface area contributed by atoms with Gasteiger partial charge in [-0.3, -0.25) is 9.59 Å². The Hall–Kier alpha value is -3.47. The number of likely N-dealkylation sites (tertiary alicyclic amines) is 1. The van der Waals surface area contributed by atoms with Crippen LogP contribution in [0.3, 0.4) is 0 Å². The van der Waals surface area contributed by atoms with Crippen molar-refractivity contribution in [3.05, 3.63) is 29.3 Å². The molecule has 0 radical (unpaired) electrons. The van der Waals surface area contributed by atoms with Gasteiger partial charge in [0.15, 0.2) is 0 Å². The van der Waals surface area contributed by atoms with E-state index in [4.69, 9.17) is 10.5 Å². The maximum absolute atomic E-state index is 12.3. The Balaban J connectivity index is 1.83. The van der Waals surface area contributed by atoms with Gasteiger partial charge < -0.3 is 30.9 Å². The summed E-state index contributed by atoms with van der Waals surface area (Å²) >= 11 is 0. The molecule has 1 aromatic carbocycles. The number of rotatable bonds is 11. The van der Waals surface area contributed by atoms with Gasteiger partial charge in [-0.15, -0.1) is 0 Å². The normalized spacial score (nSPS) is 15.4. The fourth-order valence-electron chi connectivity index (χ4n) is 3.95. The summed E-state index contributed by atoms with van der Waals surface area (Å²) in [6, 6.07) is 5.22. The van der Waals surface area contributed by atoms with Gasteiger partial charge >= 0.3 is 0 Å². The third-order valence-corrected chi connectivity index (χ3v) is 5.77. The van der Waals surface area contributed by atoms with E-state index < -0.39 is 5.91 Å². The molecular formula is C24H36N8O3. The Labute approximate surface area is 206 Å². The van der Waals surface area contributed by atoms with Gasteiger partial charge in [-0.05, 0) is 37.0 Å². The van der Waals surface area contributed by atoms with Crippen molar-refractivity contribution in [2.45, 2.75) is 39.7 Å². The second kappa shape index (κ2) is 11.8. The molecule has 1 saturated heterocycles. The lowest BCUT2D eigenvalue weighted by atomic mass is 10.1. The summed E-state index contributed by atoms with van der Waals surface area (Å²) in [5.74, 6) is 1.29. The number of benzene rings is 1. The first-order chi connectivity index (χ1) is 16.7. The first kappa shape index (κ1) is 26.1. The Bertz CT molecular complexity index is 1050. The van der Waals surface area contributed by atoms with E-state index in [1.54, 1.807) is 19.2 Å². The number of nitrogens with one attached hydrogen (secondary N) is 2. The topological polar surface area (TPSA) is 139 Å². The van der Waals surface area contributed by atoms with Gasteiger partial charge in [-0.1, -0.05) is 19.9 Å². The summed E-state index contributed by atoms with van der Waals surface area (Å²) in [7, 11) is 3.53. The maximum atomic E-state index is 12.3. The number of primary amides is 1. The van der Waals surface area contributed by atoms with E-state index in [0.29, 0.717) is 61.1 Å². The van der Waals surface area contributed by atoms with Crippen LogP contribution in [-0.4, -0.2) is 78.1 Å². The lowest BCUT2D eigenvalue weighted by molar-refractivity contribution is -0.131. The van der Waals surface area contributed by atoms with Gasteiger partial charge in [0.05, 0.1) is 13.0 Å². The highest BCUT2D eigenvalue weighted by Gasteiger charge is 2.27. The van der Waals surface area contributed by atoms with Crippen LogP contribution >= 0.6 is 0 Å². The van der Waals surface area contributed by atoms with Crippen molar-refractivity contribution >= 4 is 35.3 Å². The van der Waals surface area contributed by atoms with Crippen LogP contribution in [0.2, 0.25) is 0 Å². The Kier molecular flexibility index (Phi) is 8.80. The van der Waals surface area contributed by atoms with Crippen LogP contribution in [0.4, 0.5) is 23.5 Å². The van der Waals surface area contributed by atoms with Gasteiger partial charge in [-0.2, -0.15) is 15.0 Å². The van der Waals surface area contributed by atoms with Crippen LogP contribution in [0.15, 0.2) is 18.2 Å². The number of nitrogens with two attached hydrogens (primary N) is 1. The number of methoxy groups -OCH3 is 1. The van der Waals surface area contributed by atoms with E-state index in [2.05, 4.69) is 39.4 Å². The number of hydrogen-bond donors (Lipinski definition) is 3. The molecule has 1 aromatic heterocycles. The van der Waals surface area contributed by atoms with Gasteiger partial charge in [-0.25, -0.2) is 0 Å². The number of carbonyl (C=O) groups is 2. The number of aryl methyl sites for hydroxylation is 1. The third kappa shape index (κ3) is 7.25. The zero-order valence-corrected chi connectivity index (χ0v) is 21.2. The molecule has 0 spiro atoms. The minimum atomic E-state index is -0.505. The minimum absolute atomic E-state index is 0.0277. The molecular weight excluding hydrogens is 448 g/mol. The molecule has 2 heterocycles. The summed E-state index contributed by atoms with van der Waals surface area (Å²) in [4.78, 5) is 41.6. The third-order valence-electron chi connectivity index (χ3n) is 5.77. The molecule has 0 saturated carbocycles. The molecule has 11 nitrogen and oxygen atoms in total. The molecule has 1 fully saturated rings. The predicted octanol–water partition coefficient (Wildman–Crippen LogP) is 2.16. The van der Waals surface area contributed by atoms with E-state index in [1.807, 2.05) is 29.8 Å². The van der Waals surface area contributed by atoms with E-state index in [9.17, 15) is 9.59 Å². The van der Waals surface area contributed by atoms with Crippen molar-refractivity contribution in [3.8, 4) is 0 Å². The fourth-order valence-corrected chi connectivity index (χ4v) is 3.95. The van der Waals surface area contributed by atoms with E-state index >= 15 is 0 Å². The number of aromatic nitrogens is 3. The summed E-state index contributed by atoms with van der Waals surface area (Å²) < 4.78 is 5.02. The Morgan fingerprint density at radius 3 is 2.69 bits per heavy atom. The molecule has 4 N–H and O–H groups in total. The molecule has 0 aliphatic carbocycles. The summed E-state index contributed by atoms with van der Waals surface area (Å²) in [6.45, 7) is 8.61. The zero-order valence-electron chi connectivity index (χ0n) is 21.2. The first-order valence-corrected chi connectivity index (χ1v) is 11.8. The summed E-state index contributed by atoms with van der Waals surface area (Å²) in [5, 5.41) is 6.59. The number of hydrogen-bond acceptors (Lipinski definition) is 9. The van der Waals surface area contributed by atoms with E-state index in [0.717, 1.165) is 18.5 Å². The fraction of sp³-hybridized carbons (Fsp3) is 0.542. The molecule has 1 unspecified atom stereocenters. The molecule has 2 aromatic rings. The first-order valence-electron chi connectivity index (χ1n) is 11.8. The molecule has 11 heteroatoms. The molecule has 3 rings (SSSR count). The van der Waals surface area contributed by atoms with Gasteiger partial charge in [0.2, 0.25) is 29.7 Å². The second-order valence-corrected chi connectivity index (χ2v) is 9.29. The van der Waals surface area contributed by atoms with Crippen LogP contribution in [0.25, 0.3) is 0 Å². The maximum Gasteiger partial charge on any atom is 0.248 e. The number of ether oxygens (including phenoxy) is 1. The highest BCUT2D eigenvalue weighted by Crippen LogP contribution is 2.23. The van der Waals surface area contributed by atoms with Crippen molar-refractivity contribution in [3.63, 3.8) is 0 Å². The van der Waals surface area contributed by atoms with Crippen molar-refractivity contribution in [2.75, 3.05) is 55.9 Å². The molecule has 1 atom stereocenters. The molecule has 35 heavy (non-hydrogen) atoms. The predicted molar refractivity (Wildman–Crippen MR) is 136 cm³/mol. The summed E-state index contributed by atoms with van der Waals surface area (Å²) in [5.41, 5.74) is 7.45. The lowest BCUT2D eigenvalue weighted by Crippen LogP contribution is -2.32. The van der Waals surface area contributed by atoms with Crippen LogP contribution in [0.5, 0.6) is 0 Å². The zero-order chi connectivity index (χ0) is 25.5. The SMILES string of the molecule is COCCC(=O)N1CCC(Nc2nc(Nc3cc(C(N)=O)ccc3C)nc(N(C)CC(C)C)n2)C1. The molecule has 1 aliphatic heterocycles. The number of nitrogens with zero attached hydrogens (tertiary/aromatic N) is 5. The van der Waals surface area contributed by atoms with Crippen molar-refractivity contribution in [2.24, 2.45) is 11.7 Å². The van der Waals surface area contributed by atoms with Crippen LogP contribution in [0.1, 0.15) is 42.6 Å². The number of amides is 2. The van der Waals surface area contributed by atoms with E-state index in [-0.39, 0.29) is 11.9 Å².